The molecule has 1 aromatic carbocycles. The van der Waals surface area contributed by atoms with Gasteiger partial charge in [0.15, 0.2) is 10.8 Å². The fourth-order valence-electron chi connectivity index (χ4n) is 2.96. The minimum Gasteiger partial charge on any atom is -0.394 e. The summed E-state index contributed by atoms with van der Waals surface area (Å²) in [4.78, 5) is 31.5. The molecule has 0 aliphatic rings. The van der Waals surface area contributed by atoms with Crippen molar-refractivity contribution in [3.63, 3.8) is 0 Å². The van der Waals surface area contributed by atoms with E-state index in [0.717, 1.165) is 34.1 Å². The second-order valence-electron chi connectivity index (χ2n) is 6.31. The standard InChI is InChI=1S/C18H21N5O3S/c1-10-6-11(2)15(12(3)7-10)20-14(25)9-27-18-21-16-13(17(26)22-18)8-19-23(16)4-5-24/h6-8,24H,4-5,9H2,1-3H3,(H,20,25)(H,21,22,26). The predicted molar refractivity (Wildman–Crippen MR) is 105 cm³/mol. The lowest BCUT2D eigenvalue weighted by Gasteiger charge is -2.12. The van der Waals surface area contributed by atoms with Crippen molar-refractivity contribution in [1.29, 1.82) is 0 Å². The van der Waals surface area contributed by atoms with Crippen molar-refractivity contribution in [3.8, 4) is 0 Å². The number of nitrogens with one attached hydrogen (secondary N) is 2. The maximum absolute atomic E-state index is 12.3. The summed E-state index contributed by atoms with van der Waals surface area (Å²) in [5.41, 5.74) is 4.03. The highest BCUT2D eigenvalue weighted by Gasteiger charge is 2.13. The molecular formula is C18H21N5O3S. The number of hydrogen-bond acceptors (Lipinski definition) is 6. The fraction of sp³-hybridized carbons (Fsp3) is 0.333. The lowest BCUT2D eigenvalue weighted by molar-refractivity contribution is -0.113. The van der Waals surface area contributed by atoms with Gasteiger partial charge >= 0.3 is 0 Å². The molecule has 2 heterocycles. The Labute approximate surface area is 160 Å². The highest BCUT2D eigenvalue weighted by Crippen LogP contribution is 2.22. The van der Waals surface area contributed by atoms with Crippen molar-refractivity contribution in [3.05, 3.63) is 45.4 Å². The first-order valence-electron chi connectivity index (χ1n) is 8.46. The molecule has 0 atom stereocenters. The van der Waals surface area contributed by atoms with Crippen LogP contribution in [0.4, 0.5) is 5.69 Å². The van der Waals surface area contributed by atoms with Gasteiger partial charge in [-0.2, -0.15) is 5.10 Å². The summed E-state index contributed by atoms with van der Waals surface area (Å²) in [7, 11) is 0. The Morgan fingerprint density at radius 1 is 1.30 bits per heavy atom. The van der Waals surface area contributed by atoms with Gasteiger partial charge in [-0.3, -0.25) is 9.59 Å². The number of aromatic amines is 1. The first-order valence-corrected chi connectivity index (χ1v) is 9.45. The van der Waals surface area contributed by atoms with E-state index < -0.39 is 0 Å². The predicted octanol–water partition coefficient (Wildman–Crippen LogP) is 1.77. The number of amides is 1. The molecule has 8 nitrogen and oxygen atoms in total. The average molecular weight is 387 g/mol. The molecule has 9 heteroatoms. The molecule has 3 aromatic rings. The van der Waals surface area contributed by atoms with E-state index in [4.69, 9.17) is 5.11 Å². The van der Waals surface area contributed by atoms with E-state index in [2.05, 4.69) is 20.4 Å². The first kappa shape index (κ1) is 19.1. The van der Waals surface area contributed by atoms with Crippen LogP contribution in [0, 0.1) is 20.8 Å². The maximum Gasteiger partial charge on any atom is 0.262 e. The lowest BCUT2D eigenvalue weighted by Crippen LogP contribution is -2.17. The molecule has 3 rings (SSSR count). The summed E-state index contributed by atoms with van der Waals surface area (Å²) in [5, 5.41) is 16.7. The smallest absolute Gasteiger partial charge is 0.262 e. The Morgan fingerprint density at radius 2 is 2.00 bits per heavy atom. The Hall–Kier alpha value is -2.65. The van der Waals surface area contributed by atoms with Crippen molar-refractivity contribution >= 4 is 34.4 Å². The van der Waals surface area contributed by atoms with Crippen molar-refractivity contribution < 1.29 is 9.90 Å². The first-order chi connectivity index (χ1) is 12.9. The molecule has 0 saturated heterocycles. The maximum atomic E-state index is 12.3. The van der Waals surface area contributed by atoms with Crippen molar-refractivity contribution in [2.75, 3.05) is 17.7 Å². The Kier molecular flexibility index (Phi) is 5.62. The summed E-state index contributed by atoms with van der Waals surface area (Å²) in [6, 6.07) is 4.04. The van der Waals surface area contributed by atoms with Crippen LogP contribution in [-0.4, -0.2) is 43.1 Å². The molecular weight excluding hydrogens is 366 g/mol. The number of aliphatic hydroxyl groups excluding tert-OH is 1. The quantitative estimate of drug-likeness (QED) is 0.439. The third-order valence-electron chi connectivity index (χ3n) is 4.08. The molecule has 0 saturated carbocycles. The van der Waals surface area contributed by atoms with Crippen LogP contribution in [0.15, 0.2) is 28.3 Å². The van der Waals surface area contributed by atoms with Crippen LogP contribution in [0.1, 0.15) is 16.7 Å². The van der Waals surface area contributed by atoms with Crippen LogP contribution in [0.2, 0.25) is 0 Å². The summed E-state index contributed by atoms with van der Waals surface area (Å²) < 4.78 is 1.47. The van der Waals surface area contributed by atoms with Gasteiger partial charge in [0.05, 0.1) is 25.1 Å². The molecule has 0 aliphatic heterocycles. The minimum absolute atomic E-state index is 0.106. The third kappa shape index (κ3) is 4.20. The van der Waals surface area contributed by atoms with Crippen molar-refractivity contribution in [2.45, 2.75) is 32.5 Å². The van der Waals surface area contributed by atoms with Crippen molar-refractivity contribution in [1.82, 2.24) is 19.7 Å². The lowest BCUT2D eigenvalue weighted by atomic mass is 10.1. The van der Waals surface area contributed by atoms with E-state index in [1.54, 1.807) is 0 Å². The number of aromatic nitrogens is 4. The van der Waals surface area contributed by atoms with Crippen LogP contribution in [0.25, 0.3) is 11.0 Å². The van der Waals surface area contributed by atoms with Crippen LogP contribution in [0.5, 0.6) is 0 Å². The van der Waals surface area contributed by atoms with E-state index in [1.807, 2.05) is 32.9 Å². The number of fused-ring (bicyclic) bond motifs is 1. The zero-order chi connectivity index (χ0) is 19.6. The molecule has 2 aromatic heterocycles. The van der Waals surface area contributed by atoms with Gasteiger partial charge in [-0.15, -0.1) is 0 Å². The fourth-order valence-corrected chi connectivity index (χ4v) is 3.61. The van der Waals surface area contributed by atoms with Gasteiger partial charge in [-0.25, -0.2) is 9.67 Å². The minimum atomic E-state index is -0.322. The third-order valence-corrected chi connectivity index (χ3v) is 4.95. The normalized spacial score (nSPS) is 11.1. The van der Waals surface area contributed by atoms with Gasteiger partial charge in [0, 0.05) is 5.69 Å². The SMILES string of the molecule is Cc1cc(C)c(NC(=O)CSc2nc3c(cnn3CCO)c(=O)[nH]2)c(C)c1. The zero-order valence-corrected chi connectivity index (χ0v) is 16.2. The van der Waals surface area contributed by atoms with Crippen molar-refractivity contribution in [2.24, 2.45) is 0 Å². The number of carbonyl (C=O) groups excluding carboxylic acids is 1. The Balaban J connectivity index is 1.74. The number of hydrogen-bond donors (Lipinski definition) is 3. The number of benzene rings is 1. The van der Waals surface area contributed by atoms with Gasteiger partial charge in [0.25, 0.3) is 5.56 Å². The highest BCUT2D eigenvalue weighted by molar-refractivity contribution is 7.99. The van der Waals surface area contributed by atoms with E-state index in [9.17, 15) is 9.59 Å². The number of H-pyrrole nitrogens is 1. The number of rotatable bonds is 6. The summed E-state index contributed by atoms with van der Waals surface area (Å²) in [6.07, 6.45) is 1.42. The number of carbonyl (C=O) groups is 1. The van der Waals surface area contributed by atoms with E-state index in [0.29, 0.717) is 16.2 Å². The number of nitrogens with zero attached hydrogens (tertiary/aromatic N) is 3. The monoisotopic (exact) mass is 387 g/mol. The summed E-state index contributed by atoms with van der Waals surface area (Å²) in [5.74, 6) is -0.0725. The van der Waals surface area contributed by atoms with E-state index in [-0.39, 0.29) is 30.4 Å². The average Bonchev–Trinajstić information content (AvgIpc) is 3.00. The number of anilines is 1. The summed E-state index contributed by atoms with van der Waals surface area (Å²) >= 11 is 1.14. The number of aliphatic hydroxyl groups is 1. The second-order valence-corrected chi connectivity index (χ2v) is 7.27. The van der Waals surface area contributed by atoms with E-state index in [1.165, 1.54) is 10.9 Å². The van der Waals surface area contributed by atoms with Crippen LogP contribution in [-0.2, 0) is 11.3 Å². The Bertz CT molecular complexity index is 1030. The molecule has 3 N–H and O–H groups in total. The van der Waals surface area contributed by atoms with E-state index >= 15 is 0 Å². The zero-order valence-electron chi connectivity index (χ0n) is 15.4. The topological polar surface area (TPSA) is 113 Å². The molecule has 142 valence electrons. The van der Waals surface area contributed by atoms with Gasteiger partial charge in [-0.1, -0.05) is 29.5 Å². The highest BCUT2D eigenvalue weighted by atomic mass is 32.2. The molecule has 27 heavy (non-hydrogen) atoms. The van der Waals surface area contributed by atoms with Crippen LogP contribution < -0.4 is 10.9 Å². The molecule has 0 spiro atoms. The van der Waals surface area contributed by atoms with Gasteiger partial charge in [0.1, 0.15) is 5.39 Å². The molecule has 0 bridgehead atoms. The molecule has 0 fully saturated rings. The van der Waals surface area contributed by atoms with Gasteiger partial charge in [0.2, 0.25) is 5.91 Å². The van der Waals surface area contributed by atoms with Crippen LogP contribution >= 0.6 is 11.8 Å². The van der Waals surface area contributed by atoms with Gasteiger partial charge in [-0.05, 0) is 31.9 Å². The summed E-state index contributed by atoms with van der Waals surface area (Å²) in [6.45, 7) is 6.07. The van der Waals surface area contributed by atoms with Gasteiger partial charge < -0.3 is 15.4 Å². The molecule has 0 aliphatic carbocycles. The molecule has 1 amide bonds. The Morgan fingerprint density at radius 3 is 2.67 bits per heavy atom. The molecule has 0 radical (unpaired) electrons. The molecule has 0 unspecified atom stereocenters. The second kappa shape index (κ2) is 7.93. The number of thioether (sulfide) groups is 1. The largest absolute Gasteiger partial charge is 0.394 e. The number of aryl methyl sites for hydroxylation is 3. The van der Waals surface area contributed by atoms with Crippen LogP contribution in [0.3, 0.4) is 0 Å².